The Kier molecular flexibility index (Phi) is 3.62. The van der Waals surface area contributed by atoms with Crippen LogP contribution in [0.2, 0.25) is 5.02 Å². The Morgan fingerprint density at radius 3 is 2.72 bits per heavy atom. The van der Waals surface area contributed by atoms with Gasteiger partial charge in [0.15, 0.2) is 0 Å². The third-order valence-electron chi connectivity index (χ3n) is 3.14. The van der Waals surface area contributed by atoms with Gasteiger partial charge in [-0.3, -0.25) is 4.68 Å². The van der Waals surface area contributed by atoms with Crippen molar-refractivity contribution in [1.29, 1.82) is 0 Å². The maximum Gasteiger partial charge on any atom is 0.125 e. The normalized spacial score (nSPS) is 10.9. The summed E-state index contributed by atoms with van der Waals surface area (Å²) in [6.07, 6.45) is 1.98. The third-order valence-corrected chi connectivity index (χ3v) is 3.55. The fourth-order valence-corrected chi connectivity index (χ4v) is 2.23. The van der Waals surface area contributed by atoms with Crippen molar-refractivity contribution in [2.75, 3.05) is 5.73 Å². The van der Waals surface area contributed by atoms with Crippen LogP contribution >= 0.6 is 11.6 Å². The van der Waals surface area contributed by atoms with E-state index in [0.717, 1.165) is 46.1 Å². The zero-order chi connectivity index (χ0) is 13.3. The van der Waals surface area contributed by atoms with Crippen LogP contribution in [-0.4, -0.2) is 9.78 Å². The van der Waals surface area contributed by atoms with Crippen LogP contribution in [-0.2, 0) is 13.5 Å². The summed E-state index contributed by atoms with van der Waals surface area (Å²) in [7, 11) is 1.87. The van der Waals surface area contributed by atoms with E-state index in [9.17, 15) is 0 Å². The third kappa shape index (κ3) is 2.23. The van der Waals surface area contributed by atoms with Crippen molar-refractivity contribution < 1.29 is 0 Å². The molecule has 0 amide bonds. The molecule has 0 saturated heterocycles. The van der Waals surface area contributed by atoms with Gasteiger partial charge in [0.25, 0.3) is 0 Å². The standard InChI is InChI=1S/C14H18ClN3/c1-4-5-11-13(17-18(3)14(11)16)10-7-6-9(2)12(15)8-10/h6-8H,4-5,16H2,1-3H3. The predicted octanol–water partition coefficient (Wildman–Crippen LogP) is 3.58. The molecule has 0 radical (unpaired) electrons. The fraction of sp³-hybridized carbons (Fsp3) is 0.357. The fourth-order valence-electron chi connectivity index (χ4n) is 2.05. The van der Waals surface area contributed by atoms with Crippen LogP contribution in [0.5, 0.6) is 0 Å². The Bertz CT molecular complexity index is 573. The summed E-state index contributed by atoms with van der Waals surface area (Å²) in [5.74, 6) is 0.739. The number of rotatable bonds is 3. The second-order valence-corrected chi connectivity index (χ2v) is 4.96. The molecule has 0 unspecified atom stereocenters. The quantitative estimate of drug-likeness (QED) is 0.920. The molecule has 1 aromatic carbocycles. The van der Waals surface area contributed by atoms with Gasteiger partial charge in [0.2, 0.25) is 0 Å². The van der Waals surface area contributed by atoms with Gasteiger partial charge in [-0.15, -0.1) is 0 Å². The second-order valence-electron chi connectivity index (χ2n) is 4.55. The molecule has 0 fully saturated rings. The van der Waals surface area contributed by atoms with Crippen molar-refractivity contribution in [3.05, 3.63) is 34.3 Å². The second kappa shape index (κ2) is 5.02. The minimum Gasteiger partial charge on any atom is -0.384 e. The number of anilines is 1. The van der Waals surface area contributed by atoms with Crippen LogP contribution < -0.4 is 5.73 Å². The maximum absolute atomic E-state index is 6.17. The molecular weight excluding hydrogens is 246 g/mol. The van der Waals surface area contributed by atoms with E-state index in [4.69, 9.17) is 17.3 Å². The van der Waals surface area contributed by atoms with Gasteiger partial charge >= 0.3 is 0 Å². The highest BCUT2D eigenvalue weighted by molar-refractivity contribution is 6.31. The monoisotopic (exact) mass is 263 g/mol. The van der Waals surface area contributed by atoms with Gasteiger partial charge in [0.1, 0.15) is 5.82 Å². The van der Waals surface area contributed by atoms with Gasteiger partial charge in [0.05, 0.1) is 5.69 Å². The van der Waals surface area contributed by atoms with Gasteiger partial charge < -0.3 is 5.73 Å². The summed E-state index contributed by atoms with van der Waals surface area (Å²) in [5, 5.41) is 5.27. The lowest BCUT2D eigenvalue weighted by molar-refractivity contribution is 0.781. The number of nitrogens with two attached hydrogens (primary N) is 1. The lowest BCUT2D eigenvalue weighted by Gasteiger charge is -2.04. The van der Waals surface area contributed by atoms with Gasteiger partial charge in [-0.2, -0.15) is 5.10 Å². The number of aryl methyl sites for hydroxylation is 2. The highest BCUT2D eigenvalue weighted by Crippen LogP contribution is 2.30. The molecule has 3 nitrogen and oxygen atoms in total. The Morgan fingerprint density at radius 1 is 1.39 bits per heavy atom. The number of nitrogens with zero attached hydrogens (tertiary/aromatic N) is 2. The summed E-state index contributed by atoms with van der Waals surface area (Å²) in [6.45, 7) is 4.13. The van der Waals surface area contributed by atoms with Crippen LogP contribution in [0.4, 0.5) is 5.82 Å². The first-order chi connectivity index (χ1) is 8.54. The number of aromatic nitrogens is 2. The molecule has 0 spiro atoms. The number of benzene rings is 1. The van der Waals surface area contributed by atoms with Gasteiger partial charge in [0, 0.05) is 23.2 Å². The molecule has 1 aromatic heterocycles. The molecule has 0 atom stereocenters. The van der Waals surface area contributed by atoms with Crippen LogP contribution in [0.15, 0.2) is 18.2 Å². The summed E-state index contributed by atoms with van der Waals surface area (Å²) in [5.41, 5.74) is 10.2. The van der Waals surface area contributed by atoms with E-state index in [1.807, 2.05) is 32.2 Å². The van der Waals surface area contributed by atoms with Crippen LogP contribution in [0, 0.1) is 6.92 Å². The predicted molar refractivity (Wildman–Crippen MR) is 76.8 cm³/mol. The first-order valence-corrected chi connectivity index (χ1v) is 6.50. The molecule has 0 saturated carbocycles. The Labute approximate surface area is 113 Å². The van der Waals surface area contributed by atoms with Gasteiger partial charge in [-0.1, -0.05) is 37.1 Å². The van der Waals surface area contributed by atoms with E-state index >= 15 is 0 Å². The van der Waals surface area contributed by atoms with Crippen molar-refractivity contribution in [3.8, 4) is 11.3 Å². The smallest absolute Gasteiger partial charge is 0.125 e. The molecule has 0 bridgehead atoms. The molecule has 4 heteroatoms. The molecule has 1 heterocycles. The molecule has 18 heavy (non-hydrogen) atoms. The highest BCUT2D eigenvalue weighted by atomic mass is 35.5. The first-order valence-electron chi connectivity index (χ1n) is 6.12. The lowest BCUT2D eigenvalue weighted by Crippen LogP contribution is -1.99. The maximum atomic E-state index is 6.17. The SMILES string of the molecule is CCCc1c(-c2ccc(C)c(Cl)c2)nn(C)c1N. The minimum atomic E-state index is 0.739. The summed E-state index contributed by atoms with van der Waals surface area (Å²) in [6, 6.07) is 6.01. The molecular formula is C14H18ClN3. The zero-order valence-electron chi connectivity index (χ0n) is 11.0. The zero-order valence-corrected chi connectivity index (χ0v) is 11.8. The van der Waals surface area contributed by atoms with E-state index in [0.29, 0.717) is 0 Å². The lowest BCUT2D eigenvalue weighted by atomic mass is 10.0. The number of hydrogen-bond donors (Lipinski definition) is 1. The van der Waals surface area contributed by atoms with E-state index in [1.165, 1.54) is 0 Å². The summed E-state index contributed by atoms with van der Waals surface area (Å²) in [4.78, 5) is 0. The van der Waals surface area contributed by atoms with Crippen molar-refractivity contribution in [2.24, 2.45) is 7.05 Å². The summed E-state index contributed by atoms with van der Waals surface area (Å²) >= 11 is 6.17. The van der Waals surface area contributed by atoms with Crippen molar-refractivity contribution >= 4 is 17.4 Å². The van der Waals surface area contributed by atoms with Gasteiger partial charge in [-0.05, 0) is 25.0 Å². The average molecular weight is 264 g/mol. The summed E-state index contributed by atoms with van der Waals surface area (Å²) < 4.78 is 1.73. The Morgan fingerprint density at radius 2 is 2.11 bits per heavy atom. The highest BCUT2D eigenvalue weighted by Gasteiger charge is 2.15. The molecule has 2 N–H and O–H groups in total. The molecule has 96 valence electrons. The Hall–Kier alpha value is -1.48. The molecule has 2 rings (SSSR count). The average Bonchev–Trinajstić information content (AvgIpc) is 2.61. The van der Waals surface area contributed by atoms with Crippen LogP contribution in [0.25, 0.3) is 11.3 Å². The largest absolute Gasteiger partial charge is 0.384 e. The van der Waals surface area contributed by atoms with Gasteiger partial charge in [-0.25, -0.2) is 0 Å². The molecule has 0 aliphatic heterocycles. The van der Waals surface area contributed by atoms with E-state index in [1.54, 1.807) is 4.68 Å². The Balaban J connectivity index is 2.55. The van der Waals surface area contributed by atoms with E-state index in [2.05, 4.69) is 12.0 Å². The topological polar surface area (TPSA) is 43.8 Å². The number of hydrogen-bond acceptors (Lipinski definition) is 2. The number of nitrogen functional groups attached to an aromatic ring is 1. The number of halogens is 1. The van der Waals surface area contributed by atoms with Crippen LogP contribution in [0.1, 0.15) is 24.5 Å². The van der Waals surface area contributed by atoms with E-state index in [-0.39, 0.29) is 0 Å². The molecule has 2 aromatic rings. The molecule has 0 aliphatic rings. The van der Waals surface area contributed by atoms with Crippen molar-refractivity contribution in [1.82, 2.24) is 9.78 Å². The van der Waals surface area contributed by atoms with Crippen molar-refractivity contribution in [2.45, 2.75) is 26.7 Å². The first kappa shape index (κ1) is 13.0. The molecule has 0 aliphatic carbocycles. The van der Waals surface area contributed by atoms with E-state index < -0.39 is 0 Å². The minimum absolute atomic E-state index is 0.739. The van der Waals surface area contributed by atoms with Crippen molar-refractivity contribution in [3.63, 3.8) is 0 Å². The van der Waals surface area contributed by atoms with Crippen LogP contribution in [0.3, 0.4) is 0 Å².